The number of sulfonamides is 1. The van der Waals surface area contributed by atoms with Crippen molar-refractivity contribution in [2.75, 3.05) is 18.1 Å². The molecule has 0 saturated carbocycles. The molecule has 0 radical (unpaired) electrons. The number of aryl methyl sites for hydroxylation is 1. The molecule has 1 aromatic heterocycles. The fourth-order valence-electron chi connectivity index (χ4n) is 2.36. The number of thiophene rings is 1. The number of nitrogens with one attached hydrogen (secondary N) is 2. The van der Waals surface area contributed by atoms with Crippen molar-refractivity contribution >= 4 is 33.1 Å². The molecule has 1 fully saturated rings. The van der Waals surface area contributed by atoms with E-state index in [1.807, 2.05) is 24.8 Å². The lowest BCUT2D eigenvalue weighted by Crippen LogP contribution is -2.37. The van der Waals surface area contributed by atoms with Gasteiger partial charge in [0.15, 0.2) is 0 Å². The third-order valence-electron chi connectivity index (χ3n) is 3.48. The molecule has 0 bridgehead atoms. The highest BCUT2D eigenvalue weighted by Gasteiger charge is 2.24. The summed E-state index contributed by atoms with van der Waals surface area (Å²) in [5, 5.41) is 3.32. The van der Waals surface area contributed by atoms with Gasteiger partial charge >= 0.3 is 0 Å². The molecule has 1 saturated heterocycles. The third-order valence-corrected chi connectivity index (χ3v) is 7.36. The summed E-state index contributed by atoms with van der Waals surface area (Å²) in [5.74, 6) is 2.09. The van der Waals surface area contributed by atoms with Crippen LogP contribution in [0, 0.1) is 6.92 Å². The molecule has 21 heavy (non-hydrogen) atoms. The summed E-state index contributed by atoms with van der Waals surface area (Å²) in [5.41, 5.74) is 0. The van der Waals surface area contributed by atoms with Crippen LogP contribution in [0.4, 0.5) is 0 Å². The van der Waals surface area contributed by atoms with Crippen molar-refractivity contribution < 1.29 is 8.42 Å². The van der Waals surface area contributed by atoms with Crippen LogP contribution in [-0.2, 0) is 16.6 Å². The van der Waals surface area contributed by atoms with Crippen LogP contribution in [0.25, 0.3) is 0 Å². The van der Waals surface area contributed by atoms with Gasteiger partial charge in [0.2, 0.25) is 10.0 Å². The minimum absolute atomic E-state index is 0.0946. The van der Waals surface area contributed by atoms with Crippen LogP contribution in [0.15, 0.2) is 11.0 Å². The number of thioether (sulfide) groups is 1. The Morgan fingerprint density at radius 2 is 2.05 bits per heavy atom. The average Bonchev–Trinajstić information content (AvgIpc) is 2.82. The van der Waals surface area contributed by atoms with Gasteiger partial charge in [0.05, 0.1) is 4.90 Å². The molecule has 1 aromatic rings. The maximum Gasteiger partial charge on any atom is 0.241 e. The summed E-state index contributed by atoms with van der Waals surface area (Å²) in [6, 6.07) is 1.92. The molecule has 120 valence electrons. The molecule has 2 rings (SSSR count). The Hall–Kier alpha value is -0.0800. The summed E-state index contributed by atoms with van der Waals surface area (Å²) in [4.78, 5) is 2.42. The van der Waals surface area contributed by atoms with Crippen LogP contribution in [0.3, 0.4) is 0 Å². The Bertz CT molecular complexity index is 549. The highest BCUT2D eigenvalue weighted by molar-refractivity contribution is 7.99. The van der Waals surface area contributed by atoms with Gasteiger partial charge in [-0.05, 0) is 50.3 Å². The lowest BCUT2D eigenvalue weighted by Gasteiger charge is -2.22. The number of rotatable bonds is 7. The standard InChI is InChI=1S/C14H24N2O2S3/c1-3-6-15-10-13-9-14(11(2)20-13)21(17,18)16-12-4-7-19-8-5-12/h9,12,15-16H,3-8,10H2,1-2H3. The first-order chi connectivity index (χ1) is 10.0. The first-order valence-corrected chi connectivity index (χ1v) is 10.9. The number of hydrogen-bond donors (Lipinski definition) is 2. The van der Waals surface area contributed by atoms with E-state index in [0.29, 0.717) is 4.90 Å². The van der Waals surface area contributed by atoms with Crippen molar-refractivity contribution in [2.45, 2.75) is 50.6 Å². The van der Waals surface area contributed by atoms with E-state index in [1.54, 1.807) is 11.3 Å². The SMILES string of the molecule is CCCNCc1cc(S(=O)(=O)NC2CCSCC2)c(C)s1. The van der Waals surface area contributed by atoms with Gasteiger partial charge in [-0.2, -0.15) is 11.8 Å². The van der Waals surface area contributed by atoms with Crippen LogP contribution in [0.5, 0.6) is 0 Å². The van der Waals surface area contributed by atoms with E-state index < -0.39 is 10.0 Å². The zero-order chi connectivity index (χ0) is 15.3. The average molecular weight is 349 g/mol. The molecule has 1 aliphatic rings. The quantitative estimate of drug-likeness (QED) is 0.744. The van der Waals surface area contributed by atoms with E-state index in [0.717, 1.165) is 53.6 Å². The molecule has 2 N–H and O–H groups in total. The molecule has 7 heteroatoms. The third kappa shape index (κ3) is 4.96. The summed E-state index contributed by atoms with van der Waals surface area (Å²) in [7, 11) is -3.38. The van der Waals surface area contributed by atoms with Crippen LogP contribution in [0.1, 0.15) is 35.9 Å². The lowest BCUT2D eigenvalue weighted by molar-refractivity contribution is 0.528. The molecule has 0 aromatic carbocycles. The van der Waals surface area contributed by atoms with E-state index >= 15 is 0 Å². The first-order valence-electron chi connectivity index (χ1n) is 7.43. The summed E-state index contributed by atoms with van der Waals surface area (Å²) in [6.07, 6.45) is 2.94. The van der Waals surface area contributed by atoms with Gasteiger partial charge in [-0.15, -0.1) is 11.3 Å². The molecular weight excluding hydrogens is 324 g/mol. The molecule has 0 unspecified atom stereocenters. The van der Waals surface area contributed by atoms with Crippen molar-refractivity contribution in [3.63, 3.8) is 0 Å². The fraction of sp³-hybridized carbons (Fsp3) is 0.714. The molecule has 0 spiro atoms. The van der Waals surface area contributed by atoms with E-state index in [4.69, 9.17) is 0 Å². The predicted octanol–water partition coefficient (Wildman–Crippen LogP) is 2.73. The Balaban J connectivity index is 2.04. The minimum Gasteiger partial charge on any atom is -0.312 e. The second-order valence-electron chi connectivity index (χ2n) is 5.32. The van der Waals surface area contributed by atoms with Crippen LogP contribution in [0.2, 0.25) is 0 Å². The summed E-state index contributed by atoms with van der Waals surface area (Å²) >= 11 is 3.47. The van der Waals surface area contributed by atoms with Crippen molar-refractivity contribution in [1.82, 2.24) is 10.0 Å². The van der Waals surface area contributed by atoms with Gasteiger partial charge in [0.25, 0.3) is 0 Å². The van der Waals surface area contributed by atoms with Gasteiger partial charge in [-0.3, -0.25) is 0 Å². The zero-order valence-corrected chi connectivity index (χ0v) is 15.1. The molecular formula is C14H24N2O2S3. The maximum atomic E-state index is 12.5. The van der Waals surface area contributed by atoms with Gasteiger partial charge in [0, 0.05) is 22.3 Å². The highest BCUT2D eigenvalue weighted by atomic mass is 32.2. The maximum absolute atomic E-state index is 12.5. The van der Waals surface area contributed by atoms with Crippen LogP contribution in [-0.4, -0.2) is 32.5 Å². The smallest absolute Gasteiger partial charge is 0.241 e. The summed E-state index contributed by atoms with van der Waals surface area (Å²) < 4.78 is 27.9. The minimum atomic E-state index is -3.38. The fourth-order valence-corrected chi connectivity index (χ4v) is 6.38. The van der Waals surface area contributed by atoms with Crippen LogP contribution >= 0.6 is 23.1 Å². The van der Waals surface area contributed by atoms with Gasteiger partial charge in [0.1, 0.15) is 0 Å². The second kappa shape index (κ2) is 7.97. The largest absolute Gasteiger partial charge is 0.312 e. The van der Waals surface area contributed by atoms with E-state index in [9.17, 15) is 8.42 Å². The summed E-state index contributed by atoms with van der Waals surface area (Å²) in [6.45, 7) is 5.71. The van der Waals surface area contributed by atoms with Gasteiger partial charge in [-0.25, -0.2) is 13.1 Å². The van der Waals surface area contributed by atoms with Gasteiger partial charge in [-0.1, -0.05) is 6.92 Å². The molecule has 1 aliphatic heterocycles. The van der Waals surface area contributed by atoms with Crippen molar-refractivity contribution in [1.29, 1.82) is 0 Å². The molecule has 4 nitrogen and oxygen atoms in total. The normalized spacial score (nSPS) is 17.2. The number of hydrogen-bond acceptors (Lipinski definition) is 5. The van der Waals surface area contributed by atoms with Crippen molar-refractivity contribution in [3.8, 4) is 0 Å². The van der Waals surface area contributed by atoms with E-state index in [1.165, 1.54) is 0 Å². The topological polar surface area (TPSA) is 58.2 Å². The molecule has 2 heterocycles. The van der Waals surface area contributed by atoms with Crippen molar-refractivity contribution in [3.05, 3.63) is 15.8 Å². The Kier molecular flexibility index (Phi) is 6.55. The highest BCUT2D eigenvalue weighted by Crippen LogP contribution is 2.27. The first kappa shape index (κ1) is 17.3. The van der Waals surface area contributed by atoms with Gasteiger partial charge < -0.3 is 5.32 Å². The molecule has 0 aliphatic carbocycles. The zero-order valence-electron chi connectivity index (χ0n) is 12.6. The van der Waals surface area contributed by atoms with E-state index in [-0.39, 0.29) is 6.04 Å². The molecule has 0 atom stereocenters. The Morgan fingerprint density at radius 1 is 1.33 bits per heavy atom. The molecule has 0 amide bonds. The van der Waals surface area contributed by atoms with E-state index in [2.05, 4.69) is 17.0 Å². The monoisotopic (exact) mass is 348 g/mol. The Morgan fingerprint density at radius 3 is 2.71 bits per heavy atom. The van der Waals surface area contributed by atoms with Crippen molar-refractivity contribution in [2.24, 2.45) is 0 Å². The predicted molar refractivity (Wildman–Crippen MR) is 91.7 cm³/mol. The Labute approximate surface area is 136 Å². The lowest BCUT2D eigenvalue weighted by atomic mass is 10.2. The second-order valence-corrected chi connectivity index (χ2v) is 9.57. The van der Waals surface area contributed by atoms with Crippen LogP contribution < -0.4 is 10.0 Å².